The van der Waals surface area contributed by atoms with Gasteiger partial charge in [-0.3, -0.25) is 19.0 Å². The molecule has 0 aliphatic carbocycles. The van der Waals surface area contributed by atoms with Crippen molar-refractivity contribution in [2.45, 2.75) is 40.8 Å². The number of benzene rings is 2. The number of rotatable bonds is 6. The summed E-state index contributed by atoms with van der Waals surface area (Å²) in [5.41, 5.74) is 17.6. The summed E-state index contributed by atoms with van der Waals surface area (Å²) in [6.07, 6.45) is 0. The normalized spacial score (nSPS) is 10.6. The van der Waals surface area contributed by atoms with Crippen LogP contribution < -0.4 is 11.5 Å². The Kier molecular flexibility index (Phi) is 8.86. The summed E-state index contributed by atoms with van der Waals surface area (Å²) >= 11 is 6.99. The molecule has 36 heavy (non-hydrogen) atoms. The van der Waals surface area contributed by atoms with E-state index in [9.17, 15) is 9.59 Å². The fourth-order valence-electron chi connectivity index (χ4n) is 3.65. The third kappa shape index (κ3) is 6.50. The first-order chi connectivity index (χ1) is 17.0. The molecule has 0 saturated heterocycles. The van der Waals surface area contributed by atoms with Crippen molar-refractivity contribution in [2.75, 3.05) is 0 Å². The monoisotopic (exact) mass is 614 g/mol. The first-order valence-electron chi connectivity index (χ1n) is 11.1. The third-order valence-corrected chi connectivity index (χ3v) is 7.97. The molecule has 4 rings (SSSR count). The molecule has 2 aromatic carbocycles. The Hall–Kier alpha value is -3.24. The van der Waals surface area contributed by atoms with Gasteiger partial charge in [-0.25, -0.2) is 0 Å². The summed E-state index contributed by atoms with van der Waals surface area (Å²) in [4.78, 5) is 22.2. The highest BCUT2D eigenvalue weighted by molar-refractivity contribution is 9.10. The van der Waals surface area contributed by atoms with Crippen LogP contribution in [-0.2, 0) is 13.1 Å². The molecule has 2 heterocycles. The Balaban J connectivity index is 0.000000201. The zero-order valence-corrected chi connectivity index (χ0v) is 23.7. The maximum atomic E-state index is 11.1. The lowest BCUT2D eigenvalue weighted by molar-refractivity contribution is 0.0991. The van der Waals surface area contributed by atoms with Crippen molar-refractivity contribution in [1.82, 2.24) is 19.6 Å². The van der Waals surface area contributed by atoms with E-state index < -0.39 is 11.8 Å². The fraction of sp³-hybridized carbons (Fsp3) is 0.231. The molecule has 0 fully saturated rings. The van der Waals surface area contributed by atoms with Crippen LogP contribution in [0.1, 0.15) is 54.6 Å². The molecule has 188 valence electrons. The van der Waals surface area contributed by atoms with E-state index in [2.05, 4.69) is 42.1 Å². The Labute approximate surface area is 226 Å². The number of aryl methyl sites for hydroxylation is 2. The number of hydrogen-bond donors (Lipinski definition) is 2. The van der Waals surface area contributed by atoms with Gasteiger partial charge in [-0.05, 0) is 94.9 Å². The van der Waals surface area contributed by atoms with Gasteiger partial charge in [0.15, 0.2) is 0 Å². The lowest BCUT2D eigenvalue weighted by Gasteiger charge is -2.06. The first-order valence-corrected chi connectivity index (χ1v) is 12.7. The van der Waals surface area contributed by atoms with Crippen LogP contribution in [-0.4, -0.2) is 31.4 Å². The van der Waals surface area contributed by atoms with Crippen LogP contribution in [0.3, 0.4) is 0 Å². The van der Waals surface area contributed by atoms with E-state index in [4.69, 9.17) is 11.5 Å². The van der Waals surface area contributed by atoms with Crippen LogP contribution in [0.15, 0.2) is 57.5 Å². The zero-order valence-electron chi connectivity index (χ0n) is 20.5. The minimum Gasteiger partial charge on any atom is -0.366 e. The topological polar surface area (TPSA) is 122 Å². The van der Waals surface area contributed by atoms with Crippen LogP contribution in [0.2, 0.25) is 0 Å². The van der Waals surface area contributed by atoms with Crippen LogP contribution in [0.25, 0.3) is 0 Å². The number of hydrogen-bond acceptors (Lipinski definition) is 4. The molecule has 8 nitrogen and oxygen atoms in total. The van der Waals surface area contributed by atoms with E-state index in [0.717, 1.165) is 42.8 Å². The molecule has 0 aliphatic heterocycles. The van der Waals surface area contributed by atoms with E-state index in [1.54, 1.807) is 24.3 Å². The minimum atomic E-state index is -0.411. The maximum absolute atomic E-state index is 11.1. The molecular weight excluding hydrogens is 588 g/mol. The molecule has 0 saturated carbocycles. The Bertz CT molecular complexity index is 1320. The second kappa shape index (κ2) is 11.7. The quantitative estimate of drug-likeness (QED) is 0.323. The summed E-state index contributed by atoms with van der Waals surface area (Å²) in [6, 6.07) is 14.6. The van der Waals surface area contributed by atoms with E-state index in [1.807, 2.05) is 61.3 Å². The first kappa shape index (κ1) is 27.3. The van der Waals surface area contributed by atoms with Gasteiger partial charge in [0, 0.05) is 11.1 Å². The third-order valence-electron chi connectivity index (χ3n) is 5.67. The Morgan fingerprint density at radius 2 is 1.08 bits per heavy atom. The van der Waals surface area contributed by atoms with Gasteiger partial charge in [0.2, 0.25) is 11.8 Å². The summed E-state index contributed by atoms with van der Waals surface area (Å²) in [5.74, 6) is -0.821. The van der Waals surface area contributed by atoms with Gasteiger partial charge in [0.05, 0.1) is 44.8 Å². The fourth-order valence-corrected chi connectivity index (χ4v) is 4.22. The smallest absolute Gasteiger partial charge is 0.248 e. The molecule has 0 bridgehead atoms. The number of nitrogens with two attached hydrogens (primary N) is 2. The highest BCUT2D eigenvalue weighted by atomic mass is 79.9. The standard InChI is InChI=1S/2C13H14BrN3O/c2*1-8-12(14)9(2)17(16-8)7-10-4-3-5-11(6-10)13(15)18/h2*3-6H,7H2,1-2H3,(H2,15,18). The predicted octanol–water partition coefficient (Wildman–Crippen LogP) is 4.82. The minimum absolute atomic E-state index is 0.411. The predicted molar refractivity (Wildman–Crippen MR) is 147 cm³/mol. The number of halogens is 2. The molecule has 10 heteroatoms. The highest BCUT2D eigenvalue weighted by Gasteiger charge is 2.11. The molecule has 0 unspecified atom stereocenters. The molecule has 4 N–H and O–H groups in total. The number of carbonyl (C=O) groups excluding carboxylic acids is 2. The summed E-state index contributed by atoms with van der Waals surface area (Å²) < 4.78 is 5.85. The van der Waals surface area contributed by atoms with Gasteiger partial charge < -0.3 is 11.5 Å². The number of amides is 2. The van der Waals surface area contributed by atoms with Crippen LogP contribution in [0.4, 0.5) is 0 Å². The van der Waals surface area contributed by atoms with Crippen LogP contribution in [0, 0.1) is 27.7 Å². The van der Waals surface area contributed by atoms with Crippen molar-refractivity contribution in [3.8, 4) is 0 Å². The molecule has 2 amide bonds. The summed E-state index contributed by atoms with van der Waals surface area (Å²) in [5, 5.41) is 8.87. The Morgan fingerprint density at radius 3 is 1.36 bits per heavy atom. The van der Waals surface area contributed by atoms with Crippen molar-refractivity contribution < 1.29 is 9.59 Å². The second-order valence-electron chi connectivity index (χ2n) is 8.41. The van der Waals surface area contributed by atoms with Gasteiger partial charge >= 0.3 is 0 Å². The summed E-state index contributed by atoms with van der Waals surface area (Å²) in [6.45, 7) is 9.16. The van der Waals surface area contributed by atoms with Crippen molar-refractivity contribution in [3.63, 3.8) is 0 Å². The van der Waals surface area contributed by atoms with Gasteiger partial charge in [0.25, 0.3) is 0 Å². The average Bonchev–Trinajstić information content (AvgIpc) is 3.23. The van der Waals surface area contributed by atoms with E-state index in [0.29, 0.717) is 24.2 Å². The van der Waals surface area contributed by atoms with Crippen LogP contribution in [0.5, 0.6) is 0 Å². The lowest BCUT2D eigenvalue weighted by atomic mass is 10.1. The number of aromatic nitrogens is 4. The summed E-state index contributed by atoms with van der Waals surface area (Å²) in [7, 11) is 0. The van der Waals surface area contributed by atoms with Crippen molar-refractivity contribution in [2.24, 2.45) is 11.5 Å². The van der Waals surface area contributed by atoms with Gasteiger partial charge in [-0.15, -0.1) is 0 Å². The molecule has 0 atom stereocenters. The molecular formula is C26H28Br2N6O2. The lowest BCUT2D eigenvalue weighted by Crippen LogP contribution is -2.12. The highest BCUT2D eigenvalue weighted by Crippen LogP contribution is 2.22. The Morgan fingerprint density at radius 1 is 0.722 bits per heavy atom. The number of carbonyl (C=O) groups is 2. The van der Waals surface area contributed by atoms with E-state index >= 15 is 0 Å². The molecule has 0 radical (unpaired) electrons. The van der Waals surface area contributed by atoms with Crippen molar-refractivity contribution in [3.05, 3.63) is 103 Å². The van der Waals surface area contributed by atoms with Crippen molar-refractivity contribution >= 4 is 43.7 Å². The van der Waals surface area contributed by atoms with Crippen molar-refractivity contribution in [1.29, 1.82) is 0 Å². The van der Waals surface area contributed by atoms with Gasteiger partial charge in [0.1, 0.15) is 0 Å². The number of primary amides is 2. The largest absolute Gasteiger partial charge is 0.366 e. The van der Waals surface area contributed by atoms with Crippen LogP contribution >= 0.6 is 31.9 Å². The zero-order chi connectivity index (χ0) is 26.6. The maximum Gasteiger partial charge on any atom is 0.248 e. The SMILES string of the molecule is Cc1nn(Cc2cccc(C(N)=O)c2)c(C)c1Br.Cc1nn(Cc2cccc(C(N)=O)c2)c(C)c1Br. The van der Waals surface area contributed by atoms with Gasteiger partial charge in [-0.2, -0.15) is 10.2 Å². The molecule has 0 aliphatic rings. The molecule has 2 aromatic heterocycles. The van der Waals surface area contributed by atoms with Gasteiger partial charge in [-0.1, -0.05) is 24.3 Å². The average molecular weight is 616 g/mol. The van der Waals surface area contributed by atoms with E-state index in [-0.39, 0.29) is 0 Å². The molecule has 0 spiro atoms. The number of nitrogens with zero attached hydrogens (tertiary/aromatic N) is 4. The van der Waals surface area contributed by atoms with E-state index in [1.165, 1.54) is 0 Å². The molecule has 4 aromatic rings. The second-order valence-corrected chi connectivity index (χ2v) is 10.0.